The van der Waals surface area contributed by atoms with Gasteiger partial charge in [-0.05, 0) is 43.9 Å². The maximum Gasteiger partial charge on any atom is 0.226 e. The Hall–Kier alpha value is -1.88. The van der Waals surface area contributed by atoms with E-state index in [4.69, 9.17) is 9.26 Å². The average Bonchev–Trinajstić information content (AvgIpc) is 3.07. The normalized spacial score (nSPS) is 18.3. The van der Waals surface area contributed by atoms with E-state index < -0.39 is 0 Å². The molecule has 1 aliphatic heterocycles. The number of aryl methyl sites for hydroxylation is 2. The van der Waals surface area contributed by atoms with Crippen LogP contribution in [0.15, 0.2) is 16.7 Å². The molecule has 1 unspecified atom stereocenters. The van der Waals surface area contributed by atoms with Crippen molar-refractivity contribution in [3.05, 3.63) is 29.0 Å². The second-order valence-corrected chi connectivity index (χ2v) is 5.70. The molecule has 1 aromatic carbocycles. The zero-order chi connectivity index (χ0) is 14.8. The zero-order valence-electron chi connectivity index (χ0n) is 12.4. The van der Waals surface area contributed by atoms with E-state index in [1.165, 1.54) is 0 Å². The van der Waals surface area contributed by atoms with E-state index >= 15 is 0 Å². The number of ether oxygens (including phenoxy) is 1. The number of nitrogens with zero attached hydrogens (tertiary/aromatic N) is 1. The van der Waals surface area contributed by atoms with E-state index in [-0.39, 0.29) is 18.4 Å². The molecular formula is C16H20N2O3. The van der Waals surface area contributed by atoms with Crippen molar-refractivity contribution in [1.29, 1.82) is 0 Å². The molecule has 1 N–H and O–H groups in total. The van der Waals surface area contributed by atoms with Crippen molar-refractivity contribution < 1.29 is 14.1 Å². The Kier molecular flexibility index (Phi) is 3.92. The maximum absolute atomic E-state index is 12.0. The fourth-order valence-corrected chi connectivity index (χ4v) is 2.81. The predicted molar refractivity (Wildman–Crippen MR) is 79.2 cm³/mol. The number of rotatable bonds is 4. The van der Waals surface area contributed by atoms with Crippen LogP contribution < -0.4 is 5.32 Å². The number of carbonyl (C=O) groups is 1. The SMILES string of the molecule is Cc1cc(C)c2onc(CC(=O)NCC3CCCO3)c2c1. The van der Waals surface area contributed by atoms with Crippen LogP contribution in [0.4, 0.5) is 0 Å². The number of hydrogen-bond donors (Lipinski definition) is 1. The van der Waals surface area contributed by atoms with Gasteiger partial charge in [0, 0.05) is 18.5 Å². The van der Waals surface area contributed by atoms with Crippen molar-refractivity contribution in [2.24, 2.45) is 0 Å². The third kappa shape index (κ3) is 3.08. The third-order valence-corrected chi connectivity index (χ3v) is 3.86. The predicted octanol–water partition coefficient (Wildman–Crippen LogP) is 2.28. The topological polar surface area (TPSA) is 64.4 Å². The van der Waals surface area contributed by atoms with Crippen molar-refractivity contribution in [2.75, 3.05) is 13.2 Å². The second-order valence-electron chi connectivity index (χ2n) is 5.70. The molecule has 1 fully saturated rings. The molecule has 0 bridgehead atoms. The summed E-state index contributed by atoms with van der Waals surface area (Å²) >= 11 is 0. The number of nitrogens with one attached hydrogen (secondary N) is 1. The summed E-state index contributed by atoms with van der Waals surface area (Å²) in [6, 6.07) is 4.07. The highest BCUT2D eigenvalue weighted by atomic mass is 16.5. The van der Waals surface area contributed by atoms with Gasteiger partial charge in [-0.3, -0.25) is 4.79 Å². The highest BCUT2D eigenvalue weighted by Gasteiger charge is 2.18. The summed E-state index contributed by atoms with van der Waals surface area (Å²) in [5.74, 6) is -0.0418. The number of hydrogen-bond acceptors (Lipinski definition) is 4. The van der Waals surface area contributed by atoms with Crippen LogP contribution in [0.2, 0.25) is 0 Å². The Balaban J connectivity index is 1.68. The fourth-order valence-electron chi connectivity index (χ4n) is 2.81. The van der Waals surface area contributed by atoms with Crippen LogP contribution in [-0.2, 0) is 16.0 Å². The Bertz CT molecular complexity index is 657. The van der Waals surface area contributed by atoms with Gasteiger partial charge in [-0.15, -0.1) is 0 Å². The summed E-state index contributed by atoms with van der Waals surface area (Å²) in [5, 5.41) is 7.89. The summed E-state index contributed by atoms with van der Waals surface area (Å²) in [4.78, 5) is 12.0. The molecule has 112 valence electrons. The quantitative estimate of drug-likeness (QED) is 0.937. The number of benzene rings is 1. The zero-order valence-corrected chi connectivity index (χ0v) is 12.4. The minimum Gasteiger partial charge on any atom is -0.376 e. The number of aromatic nitrogens is 1. The van der Waals surface area contributed by atoms with Gasteiger partial charge < -0.3 is 14.6 Å². The van der Waals surface area contributed by atoms with Crippen LogP contribution >= 0.6 is 0 Å². The van der Waals surface area contributed by atoms with E-state index in [0.29, 0.717) is 12.2 Å². The van der Waals surface area contributed by atoms with Crippen LogP contribution in [0.3, 0.4) is 0 Å². The highest BCUT2D eigenvalue weighted by molar-refractivity contribution is 5.88. The van der Waals surface area contributed by atoms with Gasteiger partial charge in [0.15, 0.2) is 5.58 Å². The van der Waals surface area contributed by atoms with Gasteiger partial charge >= 0.3 is 0 Å². The summed E-state index contributed by atoms with van der Waals surface area (Å²) in [7, 11) is 0. The Morgan fingerprint density at radius 3 is 3.05 bits per heavy atom. The molecule has 5 heteroatoms. The molecule has 3 rings (SSSR count). The monoisotopic (exact) mass is 288 g/mol. The van der Waals surface area contributed by atoms with E-state index in [1.807, 2.05) is 19.9 Å². The Labute approximate surface area is 123 Å². The minimum atomic E-state index is -0.0418. The van der Waals surface area contributed by atoms with Crippen LogP contribution in [0, 0.1) is 13.8 Å². The molecule has 1 saturated heterocycles. The Morgan fingerprint density at radius 2 is 2.29 bits per heavy atom. The molecule has 0 saturated carbocycles. The van der Waals surface area contributed by atoms with Crippen LogP contribution in [-0.4, -0.2) is 30.3 Å². The smallest absolute Gasteiger partial charge is 0.226 e. The average molecular weight is 288 g/mol. The van der Waals surface area contributed by atoms with Gasteiger partial charge in [0.1, 0.15) is 5.69 Å². The number of amides is 1. The summed E-state index contributed by atoms with van der Waals surface area (Å²) < 4.78 is 10.9. The first-order chi connectivity index (χ1) is 10.1. The number of fused-ring (bicyclic) bond motifs is 1. The molecule has 0 radical (unpaired) electrons. The maximum atomic E-state index is 12.0. The summed E-state index contributed by atoms with van der Waals surface area (Å²) in [6.45, 7) is 5.39. The summed E-state index contributed by atoms with van der Waals surface area (Å²) in [5.41, 5.74) is 3.65. The molecule has 1 aliphatic rings. The van der Waals surface area contributed by atoms with Crippen molar-refractivity contribution in [1.82, 2.24) is 10.5 Å². The van der Waals surface area contributed by atoms with Crippen molar-refractivity contribution in [2.45, 2.75) is 39.2 Å². The van der Waals surface area contributed by atoms with Gasteiger partial charge in [0.2, 0.25) is 5.91 Å². The van der Waals surface area contributed by atoms with E-state index in [2.05, 4.69) is 16.5 Å². The van der Waals surface area contributed by atoms with Gasteiger partial charge in [-0.2, -0.15) is 0 Å². The van der Waals surface area contributed by atoms with Crippen molar-refractivity contribution in [3.8, 4) is 0 Å². The molecular weight excluding hydrogens is 268 g/mol. The largest absolute Gasteiger partial charge is 0.376 e. The van der Waals surface area contributed by atoms with Gasteiger partial charge in [0.05, 0.1) is 12.5 Å². The lowest BCUT2D eigenvalue weighted by Crippen LogP contribution is -2.32. The lowest BCUT2D eigenvalue weighted by molar-refractivity contribution is -0.121. The first kappa shape index (κ1) is 14.1. The second kappa shape index (κ2) is 5.85. The minimum absolute atomic E-state index is 0.0418. The molecule has 1 amide bonds. The van der Waals surface area contributed by atoms with E-state index in [0.717, 1.165) is 41.5 Å². The van der Waals surface area contributed by atoms with Gasteiger partial charge in [-0.25, -0.2) is 0 Å². The molecule has 0 aliphatic carbocycles. The van der Waals surface area contributed by atoms with E-state index in [1.54, 1.807) is 0 Å². The van der Waals surface area contributed by atoms with Gasteiger partial charge in [0.25, 0.3) is 0 Å². The van der Waals surface area contributed by atoms with Crippen molar-refractivity contribution >= 4 is 16.9 Å². The first-order valence-corrected chi connectivity index (χ1v) is 7.37. The van der Waals surface area contributed by atoms with Gasteiger partial charge in [-0.1, -0.05) is 11.2 Å². The van der Waals surface area contributed by atoms with E-state index in [9.17, 15) is 4.79 Å². The molecule has 21 heavy (non-hydrogen) atoms. The molecule has 5 nitrogen and oxygen atoms in total. The third-order valence-electron chi connectivity index (χ3n) is 3.86. The first-order valence-electron chi connectivity index (χ1n) is 7.37. The molecule has 1 aromatic heterocycles. The molecule has 2 heterocycles. The lowest BCUT2D eigenvalue weighted by Gasteiger charge is -2.10. The van der Waals surface area contributed by atoms with Crippen LogP contribution in [0.5, 0.6) is 0 Å². The fraction of sp³-hybridized carbons (Fsp3) is 0.500. The summed E-state index contributed by atoms with van der Waals surface area (Å²) in [6.07, 6.45) is 2.49. The molecule has 2 aromatic rings. The molecule has 0 spiro atoms. The molecule has 1 atom stereocenters. The number of carbonyl (C=O) groups excluding carboxylic acids is 1. The van der Waals surface area contributed by atoms with Crippen LogP contribution in [0.25, 0.3) is 11.0 Å². The Morgan fingerprint density at radius 1 is 1.43 bits per heavy atom. The standard InChI is InChI=1S/C16H20N2O3/c1-10-6-11(2)16-13(7-10)14(18-21-16)8-15(19)17-9-12-4-3-5-20-12/h6-7,12H,3-5,8-9H2,1-2H3,(H,17,19). The van der Waals surface area contributed by atoms with Crippen molar-refractivity contribution in [3.63, 3.8) is 0 Å². The lowest BCUT2D eigenvalue weighted by atomic mass is 10.1. The van der Waals surface area contributed by atoms with Crippen LogP contribution in [0.1, 0.15) is 29.7 Å². The highest BCUT2D eigenvalue weighted by Crippen LogP contribution is 2.24.